The van der Waals surface area contributed by atoms with Crippen LogP contribution >= 0.6 is 0 Å². The van der Waals surface area contributed by atoms with Gasteiger partial charge in [-0.25, -0.2) is 4.79 Å². The third kappa shape index (κ3) is 4.57. The van der Waals surface area contributed by atoms with Crippen molar-refractivity contribution in [3.8, 4) is 5.75 Å². The number of esters is 1. The maximum Gasteiger partial charge on any atom is 0.328 e. The Morgan fingerprint density at radius 2 is 1.85 bits per heavy atom. The van der Waals surface area contributed by atoms with Crippen molar-refractivity contribution in [1.29, 1.82) is 0 Å². The molecule has 110 valence electrons. The van der Waals surface area contributed by atoms with Gasteiger partial charge in [-0.05, 0) is 24.5 Å². The lowest BCUT2D eigenvalue weighted by atomic mass is 10.0. The molecule has 0 aromatic heterocycles. The Morgan fingerprint density at radius 1 is 1.20 bits per heavy atom. The molecule has 0 aliphatic heterocycles. The van der Waals surface area contributed by atoms with Crippen molar-refractivity contribution in [2.24, 2.45) is 0 Å². The summed E-state index contributed by atoms with van der Waals surface area (Å²) in [5, 5.41) is 2.51. The van der Waals surface area contributed by atoms with Crippen LogP contribution in [-0.4, -0.2) is 31.6 Å². The molecule has 0 bridgehead atoms. The minimum absolute atomic E-state index is 0.134. The fourth-order valence-electron chi connectivity index (χ4n) is 1.75. The molecule has 5 heteroatoms. The molecule has 0 heterocycles. The Balaban J connectivity index is 2.55. The number of rotatable bonds is 6. The first-order valence-electron chi connectivity index (χ1n) is 6.54. The number of carbonyl (C=O) groups is 2. The first-order valence-corrected chi connectivity index (χ1v) is 6.54. The predicted molar refractivity (Wildman–Crippen MR) is 75.6 cm³/mol. The molecule has 1 rings (SSSR count). The second-order valence-corrected chi connectivity index (χ2v) is 4.79. The van der Waals surface area contributed by atoms with E-state index < -0.39 is 12.0 Å². The SMILES string of the molecule is COC(=O)C(C)NC(=O)COc1ccccc1C(C)C. The van der Waals surface area contributed by atoms with Crippen molar-refractivity contribution in [2.45, 2.75) is 32.7 Å². The highest BCUT2D eigenvalue weighted by atomic mass is 16.5. The fourth-order valence-corrected chi connectivity index (χ4v) is 1.75. The zero-order valence-corrected chi connectivity index (χ0v) is 12.3. The van der Waals surface area contributed by atoms with Gasteiger partial charge in [0.2, 0.25) is 0 Å². The Morgan fingerprint density at radius 3 is 2.45 bits per heavy atom. The molecule has 0 spiro atoms. The molecule has 0 saturated carbocycles. The van der Waals surface area contributed by atoms with Gasteiger partial charge in [-0.2, -0.15) is 0 Å². The van der Waals surface area contributed by atoms with Crippen molar-refractivity contribution in [2.75, 3.05) is 13.7 Å². The van der Waals surface area contributed by atoms with E-state index >= 15 is 0 Å². The highest BCUT2D eigenvalue weighted by Crippen LogP contribution is 2.25. The van der Waals surface area contributed by atoms with Crippen LogP contribution in [0.15, 0.2) is 24.3 Å². The lowest BCUT2D eigenvalue weighted by Gasteiger charge is -2.15. The minimum atomic E-state index is -0.684. The van der Waals surface area contributed by atoms with Crippen LogP contribution in [0.1, 0.15) is 32.3 Å². The molecule has 20 heavy (non-hydrogen) atoms. The minimum Gasteiger partial charge on any atom is -0.483 e. The van der Waals surface area contributed by atoms with Crippen LogP contribution in [0.25, 0.3) is 0 Å². The second kappa shape index (κ2) is 7.53. The molecule has 0 aliphatic carbocycles. The number of carbonyl (C=O) groups excluding carboxylic acids is 2. The van der Waals surface area contributed by atoms with E-state index in [0.717, 1.165) is 5.56 Å². The summed E-state index contributed by atoms with van der Waals surface area (Å²) < 4.78 is 10.0. The van der Waals surface area contributed by atoms with Crippen LogP contribution < -0.4 is 10.1 Å². The summed E-state index contributed by atoms with van der Waals surface area (Å²) in [5.41, 5.74) is 1.04. The molecular formula is C15H21NO4. The van der Waals surface area contributed by atoms with E-state index in [4.69, 9.17) is 4.74 Å². The molecule has 0 radical (unpaired) electrons. The summed E-state index contributed by atoms with van der Waals surface area (Å²) in [7, 11) is 1.28. The van der Waals surface area contributed by atoms with Crippen LogP contribution in [0, 0.1) is 0 Å². The zero-order chi connectivity index (χ0) is 15.1. The van der Waals surface area contributed by atoms with Crippen molar-refractivity contribution in [3.63, 3.8) is 0 Å². The molecular weight excluding hydrogens is 258 g/mol. The van der Waals surface area contributed by atoms with Crippen LogP contribution in [0.2, 0.25) is 0 Å². The molecule has 1 aromatic rings. The van der Waals surface area contributed by atoms with Gasteiger partial charge in [0.1, 0.15) is 11.8 Å². The number of nitrogens with one attached hydrogen (secondary N) is 1. The number of benzene rings is 1. The quantitative estimate of drug-likeness (QED) is 0.807. The van der Waals surface area contributed by atoms with Gasteiger partial charge in [-0.3, -0.25) is 4.79 Å². The summed E-state index contributed by atoms with van der Waals surface area (Å²) in [6, 6.07) is 6.90. The smallest absolute Gasteiger partial charge is 0.328 e. The normalized spacial score (nSPS) is 11.8. The maximum absolute atomic E-state index is 11.7. The monoisotopic (exact) mass is 279 g/mol. The fraction of sp³-hybridized carbons (Fsp3) is 0.467. The molecule has 1 N–H and O–H groups in total. The number of amides is 1. The zero-order valence-electron chi connectivity index (χ0n) is 12.3. The van der Waals surface area contributed by atoms with Gasteiger partial charge >= 0.3 is 5.97 Å². The van der Waals surface area contributed by atoms with Gasteiger partial charge in [-0.1, -0.05) is 32.0 Å². The Kier molecular flexibility index (Phi) is 6.03. The maximum atomic E-state index is 11.7. The number of methoxy groups -OCH3 is 1. The molecule has 1 aromatic carbocycles. The van der Waals surface area contributed by atoms with E-state index in [1.165, 1.54) is 7.11 Å². The topological polar surface area (TPSA) is 64.6 Å². The Labute approximate surface area is 119 Å². The van der Waals surface area contributed by atoms with E-state index in [-0.39, 0.29) is 12.5 Å². The molecule has 5 nitrogen and oxygen atoms in total. The second-order valence-electron chi connectivity index (χ2n) is 4.79. The van der Waals surface area contributed by atoms with Gasteiger partial charge in [0.25, 0.3) is 5.91 Å². The average molecular weight is 279 g/mol. The van der Waals surface area contributed by atoms with Crippen molar-refractivity contribution < 1.29 is 19.1 Å². The van der Waals surface area contributed by atoms with Gasteiger partial charge in [0.15, 0.2) is 6.61 Å². The van der Waals surface area contributed by atoms with Crippen molar-refractivity contribution in [3.05, 3.63) is 29.8 Å². The van der Waals surface area contributed by atoms with E-state index in [1.807, 2.05) is 24.3 Å². The molecule has 0 aliphatic rings. The summed E-state index contributed by atoms with van der Waals surface area (Å²) in [4.78, 5) is 22.9. The summed E-state index contributed by atoms with van der Waals surface area (Å²) >= 11 is 0. The van der Waals surface area contributed by atoms with Gasteiger partial charge in [-0.15, -0.1) is 0 Å². The van der Waals surface area contributed by atoms with E-state index in [9.17, 15) is 9.59 Å². The van der Waals surface area contributed by atoms with Crippen LogP contribution in [0.5, 0.6) is 5.75 Å². The number of hydrogen-bond donors (Lipinski definition) is 1. The predicted octanol–water partition coefficient (Wildman–Crippen LogP) is 1.87. The molecule has 1 unspecified atom stereocenters. The van der Waals surface area contributed by atoms with Gasteiger partial charge in [0.05, 0.1) is 7.11 Å². The van der Waals surface area contributed by atoms with Crippen LogP contribution in [0.4, 0.5) is 0 Å². The Hall–Kier alpha value is -2.04. The average Bonchev–Trinajstić information content (AvgIpc) is 2.44. The highest BCUT2D eigenvalue weighted by molar-refractivity contribution is 5.84. The van der Waals surface area contributed by atoms with Crippen LogP contribution in [0.3, 0.4) is 0 Å². The van der Waals surface area contributed by atoms with Crippen molar-refractivity contribution in [1.82, 2.24) is 5.32 Å². The summed E-state index contributed by atoms with van der Waals surface area (Å²) in [6.45, 7) is 5.54. The number of hydrogen-bond acceptors (Lipinski definition) is 4. The summed E-state index contributed by atoms with van der Waals surface area (Å²) in [6.07, 6.45) is 0. The molecule has 1 amide bonds. The van der Waals surface area contributed by atoms with E-state index in [0.29, 0.717) is 11.7 Å². The van der Waals surface area contributed by atoms with Gasteiger partial charge < -0.3 is 14.8 Å². The largest absolute Gasteiger partial charge is 0.483 e. The van der Waals surface area contributed by atoms with E-state index in [2.05, 4.69) is 23.9 Å². The molecule has 1 atom stereocenters. The van der Waals surface area contributed by atoms with E-state index in [1.54, 1.807) is 6.92 Å². The molecule has 0 saturated heterocycles. The Bertz CT molecular complexity index is 471. The highest BCUT2D eigenvalue weighted by Gasteiger charge is 2.16. The lowest BCUT2D eigenvalue weighted by Crippen LogP contribution is -2.41. The summed E-state index contributed by atoms with van der Waals surface area (Å²) in [5.74, 6) is 0.147. The van der Waals surface area contributed by atoms with Gasteiger partial charge in [0, 0.05) is 0 Å². The first kappa shape index (κ1) is 16.0. The standard InChI is InChI=1S/C15H21NO4/c1-10(2)12-7-5-6-8-13(12)20-9-14(17)16-11(3)15(18)19-4/h5-8,10-11H,9H2,1-4H3,(H,16,17). The lowest BCUT2D eigenvalue weighted by molar-refractivity contribution is -0.144. The number of para-hydroxylation sites is 1. The number of ether oxygens (including phenoxy) is 2. The van der Waals surface area contributed by atoms with Crippen molar-refractivity contribution >= 4 is 11.9 Å². The molecule has 0 fully saturated rings. The first-order chi connectivity index (χ1) is 9.45. The third-order valence-electron chi connectivity index (χ3n) is 2.83. The van der Waals surface area contributed by atoms with Crippen LogP contribution in [-0.2, 0) is 14.3 Å². The third-order valence-corrected chi connectivity index (χ3v) is 2.83.